The fraction of sp³-hybridized carbons (Fsp3) is 0.346. The number of aromatic amines is 1. The van der Waals surface area contributed by atoms with Crippen LogP contribution in [0.3, 0.4) is 0 Å². The lowest BCUT2D eigenvalue weighted by Gasteiger charge is -2.24. The van der Waals surface area contributed by atoms with E-state index in [0.29, 0.717) is 45.3 Å². The van der Waals surface area contributed by atoms with Crippen molar-refractivity contribution < 1.29 is 4.74 Å². The Morgan fingerprint density at radius 2 is 2.00 bits per heavy atom. The molecule has 1 atom stereocenters. The van der Waals surface area contributed by atoms with Crippen molar-refractivity contribution in [3.05, 3.63) is 62.3 Å². The molecule has 1 saturated heterocycles. The minimum Gasteiger partial charge on any atom is -0.492 e. The normalized spacial score (nSPS) is 15.9. The first-order valence-corrected chi connectivity index (χ1v) is 13.1. The van der Waals surface area contributed by atoms with Crippen molar-refractivity contribution in [3.63, 3.8) is 0 Å². The van der Waals surface area contributed by atoms with Gasteiger partial charge in [-0.2, -0.15) is 0 Å². The van der Waals surface area contributed by atoms with Gasteiger partial charge in [0, 0.05) is 11.4 Å². The number of rotatable bonds is 7. The number of nitrogens with one attached hydrogen (secondary N) is 3. The predicted molar refractivity (Wildman–Crippen MR) is 143 cm³/mol. The zero-order valence-corrected chi connectivity index (χ0v) is 21.4. The Bertz CT molecular complexity index is 1380. The van der Waals surface area contributed by atoms with Crippen molar-refractivity contribution in [1.82, 2.24) is 20.5 Å². The molecule has 35 heavy (non-hydrogen) atoms. The molecule has 0 bridgehead atoms. The first kappa shape index (κ1) is 23.8. The van der Waals surface area contributed by atoms with Gasteiger partial charge >= 0.3 is 0 Å². The molecule has 0 radical (unpaired) electrons. The van der Waals surface area contributed by atoms with Crippen molar-refractivity contribution in [2.24, 2.45) is 0 Å². The molecule has 1 aliphatic rings. The summed E-state index contributed by atoms with van der Waals surface area (Å²) in [4.78, 5) is 16.4. The summed E-state index contributed by atoms with van der Waals surface area (Å²) in [6, 6.07) is 10.2. The quantitative estimate of drug-likeness (QED) is 0.284. The van der Waals surface area contributed by atoms with Crippen LogP contribution in [0.2, 0.25) is 5.02 Å². The second-order valence-corrected chi connectivity index (χ2v) is 10.3. The second-order valence-electron chi connectivity index (χ2n) is 9.07. The number of aryl methyl sites for hydroxylation is 2. The molecule has 1 fully saturated rings. The number of pyridine rings is 1. The van der Waals surface area contributed by atoms with Gasteiger partial charge < -0.3 is 20.4 Å². The highest BCUT2D eigenvalue weighted by Gasteiger charge is 2.20. The van der Waals surface area contributed by atoms with Crippen LogP contribution >= 0.6 is 22.9 Å². The van der Waals surface area contributed by atoms with Crippen molar-refractivity contribution in [2.75, 3.05) is 18.5 Å². The molecule has 2 aromatic carbocycles. The zero-order valence-electron chi connectivity index (χ0n) is 19.8. The Morgan fingerprint density at radius 1 is 1.17 bits per heavy atom. The number of halogens is 1. The number of H-pyrrole nitrogens is 1. The van der Waals surface area contributed by atoms with Crippen LogP contribution in [0.5, 0.6) is 5.75 Å². The fourth-order valence-electron chi connectivity index (χ4n) is 4.73. The number of fused-ring (bicyclic) bond motifs is 1. The van der Waals surface area contributed by atoms with Gasteiger partial charge in [-0.15, -0.1) is 10.2 Å². The smallest absolute Gasteiger partial charge is 0.260 e. The summed E-state index contributed by atoms with van der Waals surface area (Å²) in [6.07, 6.45) is 4.48. The summed E-state index contributed by atoms with van der Waals surface area (Å²) in [7, 11) is 0. The lowest BCUT2D eigenvalue weighted by atomic mass is 9.99. The molecular formula is C26H28ClN5O2S. The van der Waals surface area contributed by atoms with E-state index in [0.717, 1.165) is 41.5 Å². The van der Waals surface area contributed by atoms with Gasteiger partial charge in [0.15, 0.2) is 0 Å². The van der Waals surface area contributed by atoms with Gasteiger partial charge in [0.05, 0.1) is 28.4 Å². The highest BCUT2D eigenvalue weighted by Crippen LogP contribution is 2.38. The zero-order chi connectivity index (χ0) is 24.4. The fourth-order valence-corrected chi connectivity index (χ4v) is 5.40. The molecule has 0 aliphatic carbocycles. The van der Waals surface area contributed by atoms with Gasteiger partial charge in [-0.05, 0) is 57.4 Å². The second kappa shape index (κ2) is 10.4. The van der Waals surface area contributed by atoms with Gasteiger partial charge in [-0.3, -0.25) is 4.79 Å². The number of hydrogen-bond acceptors (Lipinski definition) is 7. The van der Waals surface area contributed by atoms with E-state index in [1.807, 2.05) is 32.0 Å². The number of anilines is 2. The van der Waals surface area contributed by atoms with E-state index in [1.54, 1.807) is 11.6 Å². The van der Waals surface area contributed by atoms with Crippen molar-refractivity contribution in [3.8, 4) is 16.9 Å². The molecule has 1 aliphatic heterocycles. The van der Waals surface area contributed by atoms with Crippen LogP contribution in [-0.2, 0) is 0 Å². The van der Waals surface area contributed by atoms with Crippen LogP contribution in [0.15, 0.2) is 40.6 Å². The number of hydrogen-bond donors (Lipinski definition) is 3. The monoisotopic (exact) mass is 509 g/mol. The molecule has 2 aromatic heterocycles. The maximum Gasteiger partial charge on any atom is 0.260 e. The summed E-state index contributed by atoms with van der Waals surface area (Å²) in [5.74, 6) is 0.571. The summed E-state index contributed by atoms with van der Waals surface area (Å²) < 4.78 is 6.44. The maximum absolute atomic E-state index is 13.4. The van der Waals surface area contributed by atoms with Crippen LogP contribution in [0.4, 0.5) is 10.8 Å². The van der Waals surface area contributed by atoms with Crippen LogP contribution in [-0.4, -0.2) is 34.4 Å². The minimum absolute atomic E-state index is 0.200. The van der Waals surface area contributed by atoms with E-state index in [9.17, 15) is 4.79 Å². The molecule has 3 heterocycles. The molecule has 182 valence electrons. The maximum atomic E-state index is 13.4. The first-order chi connectivity index (χ1) is 17.0. The van der Waals surface area contributed by atoms with E-state index >= 15 is 0 Å². The largest absolute Gasteiger partial charge is 0.492 e. The third-order valence-electron chi connectivity index (χ3n) is 6.29. The van der Waals surface area contributed by atoms with Gasteiger partial charge in [-0.25, -0.2) is 0 Å². The average Bonchev–Trinajstić information content (AvgIpc) is 3.33. The van der Waals surface area contributed by atoms with Gasteiger partial charge in [0.1, 0.15) is 11.3 Å². The van der Waals surface area contributed by atoms with Crippen molar-refractivity contribution >= 4 is 44.7 Å². The molecule has 5 rings (SSSR count). The van der Waals surface area contributed by atoms with E-state index in [4.69, 9.17) is 16.3 Å². The Balaban J connectivity index is 1.61. The number of piperidine rings is 1. The molecule has 9 heteroatoms. The van der Waals surface area contributed by atoms with Crippen LogP contribution in [0, 0.1) is 13.8 Å². The molecule has 3 N–H and O–H groups in total. The minimum atomic E-state index is -0.200. The summed E-state index contributed by atoms with van der Waals surface area (Å²) in [5, 5.41) is 16.6. The molecule has 0 spiro atoms. The van der Waals surface area contributed by atoms with E-state index in [1.165, 1.54) is 24.2 Å². The Hall–Kier alpha value is -2.94. The third kappa shape index (κ3) is 5.34. The average molecular weight is 510 g/mol. The number of nitrogens with zero attached hydrogens (tertiary/aromatic N) is 2. The first-order valence-electron chi connectivity index (χ1n) is 11.9. The Labute approximate surface area is 212 Å². The van der Waals surface area contributed by atoms with E-state index < -0.39 is 0 Å². The molecule has 0 unspecified atom stereocenters. The SMILES string of the molecule is Cc1cc(C)cc(-c2c(OCC[C@@H]3CCCCN3)c3cc(Nc4nncs4)c(Cl)cc3[nH]c2=O)c1. The Morgan fingerprint density at radius 3 is 2.71 bits per heavy atom. The molecule has 0 saturated carbocycles. The number of benzene rings is 2. The highest BCUT2D eigenvalue weighted by atomic mass is 35.5. The predicted octanol–water partition coefficient (Wildman–Crippen LogP) is 5.97. The van der Waals surface area contributed by atoms with E-state index in [2.05, 4.69) is 31.9 Å². The van der Waals surface area contributed by atoms with Gasteiger partial charge in [0.2, 0.25) is 5.13 Å². The highest BCUT2D eigenvalue weighted by molar-refractivity contribution is 7.13. The van der Waals surface area contributed by atoms with Crippen LogP contribution < -0.4 is 20.9 Å². The van der Waals surface area contributed by atoms with Gasteiger partial charge in [0.25, 0.3) is 5.56 Å². The lowest BCUT2D eigenvalue weighted by molar-refractivity contribution is 0.271. The van der Waals surface area contributed by atoms with Crippen LogP contribution in [0.1, 0.15) is 36.8 Å². The summed E-state index contributed by atoms with van der Waals surface area (Å²) >= 11 is 7.94. The third-order valence-corrected chi connectivity index (χ3v) is 7.21. The number of ether oxygens (including phenoxy) is 1. The lowest BCUT2D eigenvalue weighted by Crippen LogP contribution is -2.35. The van der Waals surface area contributed by atoms with Gasteiger partial charge in [-0.1, -0.05) is 58.7 Å². The summed E-state index contributed by atoms with van der Waals surface area (Å²) in [6.45, 7) is 5.62. The molecule has 0 amide bonds. The molecule has 7 nitrogen and oxygen atoms in total. The standard InChI is InChI=1S/C26H28ClN5O2S/c1-15-9-16(2)11-17(10-15)23-24(34-8-6-18-5-3-4-7-28-18)19-12-22(31-26-32-29-14-35-26)20(27)13-21(19)30-25(23)33/h9-14,18,28H,3-8H2,1-2H3,(H,30,33)(H,31,32)/t18-/m0/s1. The molecular weight excluding hydrogens is 482 g/mol. The Kier molecular flexibility index (Phi) is 7.04. The number of aromatic nitrogens is 3. The van der Waals surface area contributed by atoms with Crippen LogP contribution in [0.25, 0.3) is 22.0 Å². The van der Waals surface area contributed by atoms with Crippen molar-refractivity contribution in [2.45, 2.75) is 45.6 Å². The van der Waals surface area contributed by atoms with E-state index in [-0.39, 0.29) is 5.56 Å². The van der Waals surface area contributed by atoms with Crippen molar-refractivity contribution in [1.29, 1.82) is 0 Å². The summed E-state index contributed by atoms with van der Waals surface area (Å²) in [5.41, 5.74) is 6.30. The molecule has 4 aromatic rings. The topological polar surface area (TPSA) is 91.9 Å².